The second-order valence-corrected chi connectivity index (χ2v) is 8.72. The first-order valence-electron chi connectivity index (χ1n) is 10.2. The lowest BCUT2D eigenvalue weighted by Crippen LogP contribution is -2.35. The first-order valence-corrected chi connectivity index (χ1v) is 11.0. The topological polar surface area (TPSA) is 87.2 Å². The Morgan fingerprint density at radius 1 is 1.17 bits per heavy atom. The molecule has 29 heavy (non-hydrogen) atoms. The molecule has 1 aliphatic rings. The molecule has 2 aromatic rings. The summed E-state index contributed by atoms with van der Waals surface area (Å²) in [6.07, 6.45) is 7.52. The molecule has 1 aliphatic carbocycles. The number of nitrogens with zero attached hydrogens (tertiary/aromatic N) is 3. The molecule has 7 nitrogen and oxygen atoms in total. The second kappa shape index (κ2) is 10.5. The fraction of sp³-hybridized carbons (Fsp3) is 0.524. The minimum atomic E-state index is -0.320. The molecule has 156 valence electrons. The quantitative estimate of drug-likeness (QED) is 0.645. The molecule has 0 atom stereocenters. The van der Waals surface area contributed by atoms with Crippen LogP contribution in [-0.2, 0) is 0 Å². The number of aromatic nitrogens is 2. The van der Waals surface area contributed by atoms with Crippen molar-refractivity contribution in [2.24, 2.45) is 0 Å². The van der Waals surface area contributed by atoms with E-state index >= 15 is 0 Å². The average Bonchev–Trinajstić information content (AvgIpc) is 3.18. The zero-order valence-electron chi connectivity index (χ0n) is 17.1. The van der Waals surface area contributed by atoms with E-state index in [1.807, 2.05) is 0 Å². The zero-order valence-corrected chi connectivity index (χ0v) is 17.9. The minimum Gasteiger partial charge on any atom is -0.352 e. The van der Waals surface area contributed by atoms with E-state index in [4.69, 9.17) is 0 Å². The van der Waals surface area contributed by atoms with Gasteiger partial charge in [-0.2, -0.15) is 0 Å². The highest BCUT2D eigenvalue weighted by molar-refractivity contribution is 7.13. The summed E-state index contributed by atoms with van der Waals surface area (Å²) in [6.45, 7) is 3.42. The Bertz CT molecular complexity index is 832. The number of benzene rings is 1. The maximum absolute atomic E-state index is 12.4. The van der Waals surface area contributed by atoms with Crippen molar-refractivity contribution in [3.8, 4) is 0 Å². The molecular weight excluding hydrogens is 386 g/mol. The van der Waals surface area contributed by atoms with Gasteiger partial charge in [0.05, 0.1) is 0 Å². The SMILES string of the molecule is Cc1nnc(C(=O)Nc2cccc(C(=O)NCCCN(C)C3CCCCC3)c2)s1. The number of carbonyl (C=O) groups excluding carboxylic acids is 2. The number of rotatable bonds is 8. The van der Waals surface area contributed by atoms with Gasteiger partial charge in [-0.15, -0.1) is 10.2 Å². The molecule has 1 aromatic heterocycles. The summed E-state index contributed by atoms with van der Waals surface area (Å²) >= 11 is 1.23. The van der Waals surface area contributed by atoms with Gasteiger partial charge in [0, 0.05) is 23.8 Å². The molecule has 1 fully saturated rings. The van der Waals surface area contributed by atoms with Crippen LogP contribution in [0.5, 0.6) is 0 Å². The standard InChI is InChI=1S/C21H29N5O2S/c1-15-24-25-21(29-15)20(28)23-17-9-6-8-16(14-17)19(27)22-12-7-13-26(2)18-10-4-3-5-11-18/h6,8-9,14,18H,3-5,7,10-13H2,1-2H3,(H,22,27)(H,23,28). The Balaban J connectivity index is 1.44. The van der Waals surface area contributed by atoms with Crippen LogP contribution in [-0.4, -0.2) is 53.1 Å². The monoisotopic (exact) mass is 415 g/mol. The van der Waals surface area contributed by atoms with Gasteiger partial charge in [-0.05, 0) is 58.0 Å². The van der Waals surface area contributed by atoms with Gasteiger partial charge >= 0.3 is 0 Å². The van der Waals surface area contributed by atoms with Crippen LogP contribution in [0.25, 0.3) is 0 Å². The van der Waals surface area contributed by atoms with Crippen LogP contribution in [0.3, 0.4) is 0 Å². The number of hydrogen-bond acceptors (Lipinski definition) is 6. The van der Waals surface area contributed by atoms with Crippen LogP contribution in [0.2, 0.25) is 0 Å². The highest BCUT2D eigenvalue weighted by Gasteiger charge is 2.17. The van der Waals surface area contributed by atoms with Crippen molar-refractivity contribution in [2.75, 3.05) is 25.5 Å². The van der Waals surface area contributed by atoms with Gasteiger partial charge in [0.2, 0.25) is 5.01 Å². The van der Waals surface area contributed by atoms with Gasteiger partial charge in [-0.3, -0.25) is 9.59 Å². The van der Waals surface area contributed by atoms with Crippen LogP contribution < -0.4 is 10.6 Å². The zero-order chi connectivity index (χ0) is 20.6. The van der Waals surface area contributed by atoms with Crippen LogP contribution in [0, 0.1) is 6.92 Å². The molecule has 0 unspecified atom stereocenters. The fourth-order valence-electron chi connectivity index (χ4n) is 3.65. The average molecular weight is 416 g/mol. The fourth-order valence-corrected chi connectivity index (χ4v) is 4.23. The van der Waals surface area contributed by atoms with Gasteiger partial charge in [0.1, 0.15) is 5.01 Å². The lowest BCUT2D eigenvalue weighted by Gasteiger charge is -2.31. The van der Waals surface area contributed by atoms with Crippen molar-refractivity contribution in [1.82, 2.24) is 20.4 Å². The summed E-state index contributed by atoms with van der Waals surface area (Å²) in [5, 5.41) is 14.5. The van der Waals surface area contributed by atoms with Gasteiger partial charge in [0.25, 0.3) is 11.8 Å². The number of amides is 2. The Morgan fingerprint density at radius 3 is 2.69 bits per heavy atom. The molecule has 0 bridgehead atoms. The summed E-state index contributed by atoms with van der Waals surface area (Å²) in [5.41, 5.74) is 1.09. The smallest absolute Gasteiger partial charge is 0.286 e. The summed E-state index contributed by atoms with van der Waals surface area (Å²) in [6, 6.07) is 7.62. The van der Waals surface area contributed by atoms with Crippen molar-refractivity contribution in [3.63, 3.8) is 0 Å². The minimum absolute atomic E-state index is 0.131. The number of carbonyl (C=O) groups is 2. The molecule has 3 rings (SSSR count). The van der Waals surface area contributed by atoms with E-state index in [0.717, 1.165) is 18.0 Å². The Kier molecular flexibility index (Phi) is 7.71. The van der Waals surface area contributed by atoms with E-state index in [0.29, 0.717) is 28.8 Å². The van der Waals surface area contributed by atoms with Gasteiger partial charge in [-0.1, -0.05) is 36.7 Å². The van der Waals surface area contributed by atoms with Crippen LogP contribution in [0.4, 0.5) is 5.69 Å². The van der Waals surface area contributed by atoms with Crippen LogP contribution in [0.1, 0.15) is 63.7 Å². The van der Waals surface area contributed by atoms with Crippen molar-refractivity contribution in [3.05, 3.63) is 39.8 Å². The lowest BCUT2D eigenvalue weighted by atomic mass is 9.94. The maximum Gasteiger partial charge on any atom is 0.286 e. The van der Waals surface area contributed by atoms with E-state index in [2.05, 4.69) is 32.8 Å². The third-order valence-electron chi connectivity index (χ3n) is 5.27. The number of anilines is 1. The van der Waals surface area contributed by atoms with E-state index in [1.165, 1.54) is 43.4 Å². The van der Waals surface area contributed by atoms with E-state index in [-0.39, 0.29) is 11.8 Å². The van der Waals surface area contributed by atoms with Crippen molar-refractivity contribution in [1.29, 1.82) is 0 Å². The summed E-state index contributed by atoms with van der Waals surface area (Å²) in [4.78, 5) is 27.1. The molecule has 8 heteroatoms. The third-order valence-corrected chi connectivity index (χ3v) is 6.11. The Labute approximate surface area is 175 Å². The molecule has 0 aliphatic heterocycles. The normalized spacial score (nSPS) is 14.7. The predicted octanol–water partition coefficient (Wildman–Crippen LogP) is 3.48. The Morgan fingerprint density at radius 2 is 1.97 bits per heavy atom. The molecule has 1 saturated carbocycles. The van der Waals surface area contributed by atoms with Crippen LogP contribution in [0.15, 0.2) is 24.3 Å². The van der Waals surface area contributed by atoms with Gasteiger partial charge in [-0.25, -0.2) is 0 Å². The molecule has 0 radical (unpaired) electrons. The van der Waals surface area contributed by atoms with Gasteiger partial charge in [0.15, 0.2) is 0 Å². The molecule has 1 aromatic carbocycles. The first kappa shape index (κ1) is 21.4. The third kappa shape index (κ3) is 6.33. The summed E-state index contributed by atoms with van der Waals surface area (Å²) < 4.78 is 0. The highest BCUT2D eigenvalue weighted by Crippen LogP contribution is 2.21. The van der Waals surface area contributed by atoms with Gasteiger partial charge < -0.3 is 15.5 Å². The van der Waals surface area contributed by atoms with E-state index in [9.17, 15) is 9.59 Å². The molecular formula is C21H29N5O2S. The van der Waals surface area contributed by atoms with Crippen LogP contribution >= 0.6 is 11.3 Å². The summed E-state index contributed by atoms with van der Waals surface area (Å²) in [7, 11) is 2.18. The number of hydrogen-bond donors (Lipinski definition) is 2. The lowest BCUT2D eigenvalue weighted by molar-refractivity contribution is 0.0949. The molecule has 2 N–H and O–H groups in total. The molecule has 2 amide bonds. The summed E-state index contributed by atoms with van der Waals surface area (Å²) in [5.74, 6) is -0.452. The Hall–Kier alpha value is -2.32. The molecule has 1 heterocycles. The number of nitrogens with one attached hydrogen (secondary N) is 2. The maximum atomic E-state index is 12.4. The van der Waals surface area contributed by atoms with E-state index in [1.54, 1.807) is 31.2 Å². The van der Waals surface area contributed by atoms with Crippen molar-refractivity contribution < 1.29 is 9.59 Å². The number of aryl methyl sites for hydroxylation is 1. The largest absolute Gasteiger partial charge is 0.352 e. The van der Waals surface area contributed by atoms with E-state index < -0.39 is 0 Å². The highest BCUT2D eigenvalue weighted by atomic mass is 32.1. The second-order valence-electron chi connectivity index (χ2n) is 7.54. The van der Waals surface area contributed by atoms with Crippen molar-refractivity contribution >= 4 is 28.8 Å². The predicted molar refractivity (Wildman–Crippen MR) is 115 cm³/mol. The first-order chi connectivity index (χ1) is 14.0. The molecule has 0 spiro atoms. The van der Waals surface area contributed by atoms with Crippen molar-refractivity contribution in [2.45, 2.75) is 51.5 Å². The molecule has 0 saturated heterocycles.